The number of hydrogen-bond acceptors (Lipinski definition) is 3. The molecule has 1 aliphatic carbocycles. The molecule has 0 radical (unpaired) electrons. The number of carboxylic acids is 1. The van der Waals surface area contributed by atoms with Gasteiger partial charge in [-0.2, -0.15) is 0 Å². The van der Waals surface area contributed by atoms with Crippen molar-refractivity contribution in [1.29, 1.82) is 0 Å². The summed E-state index contributed by atoms with van der Waals surface area (Å²) >= 11 is 0. The molecular weight excluding hydrogens is 232 g/mol. The Morgan fingerprint density at radius 2 is 1.94 bits per heavy atom. The second-order valence-electron chi connectivity index (χ2n) is 4.74. The molecule has 1 fully saturated rings. The molecule has 0 unspecified atom stereocenters. The van der Waals surface area contributed by atoms with Crippen LogP contribution in [0.5, 0.6) is 0 Å². The third-order valence-electron chi connectivity index (χ3n) is 3.62. The molecule has 0 aromatic heterocycles. The Labute approximate surface area is 106 Å². The highest BCUT2D eigenvalue weighted by Gasteiger charge is 2.46. The van der Waals surface area contributed by atoms with Crippen LogP contribution in [0.25, 0.3) is 0 Å². The lowest BCUT2D eigenvalue weighted by Crippen LogP contribution is -2.44. The molecule has 0 bridgehead atoms. The van der Waals surface area contributed by atoms with Crippen LogP contribution in [-0.4, -0.2) is 17.0 Å². The molecule has 4 heteroatoms. The van der Waals surface area contributed by atoms with Crippen molar-refractivity contribution in [2.45, 2.75) is 20.0 Å². The highest BCUT2D eigenvalue weighted by Crippen LogP contribution is 2.41. The molecule has 0 amide bonds. The maximum absolute atomic E-state index is 11.8. The molecule has 1 aromatic carbocycles. The molecule has 0 aliphatic heterocycles. The average molecular weight is 248 g/mol. The van der Waals surface area contributed by atoms with Crippen LogP contribution in [0, 0.1) is 17.8 Å². The van der Waals surface area contributed by atoms with Gasteiger partial charge in [-0.3, -0.25) is 9.59 Å². The van der Waals surface area contributed by atoms with Crippen molar-refractivity contribution in [2.24, 2.45) is 17.8 Å². The number of carbonyl (C=O) groups is 2. The predicted molar refractivity (Wildman–Crippen MR) is 64.6 cm³/mol. The molecule has 0 saturated heterocycles. The maximum Gasteiger partial charge on any atom is 0.309 e. The minimum atomic E-state index is -0.824. The van der Waals surface area contributed by atoms with E-state index in [-0.39, 0.29) is 24.4 Å². The molecule has 1 aliphatic rings. The highest BCUT2D eigenvalue weighted by molar-refractivity contribution is 5.79. The van der Waals surface area contributed by atoms with Gasteiger partial charge in [-0.05, 0) is 17.9 Å². The second-order valence-corrected chi connectivity index (χ2v) is 4.74. The third kappa shape index (κ3) is 2.53. The van der Waals surface area contributed by atoms with Crippen LogP contribution in [0.1, 0.15) is 18.9 Å². The minimum absolute atomic E-state index is 0.134. The van der Waals surface area contributed by atoms with Gasteiger partial charge >= 0.3 is 11.9 Å². The van der Waals surface area contributed by atoms with Gasteiger partial charge in [0.15, 0.2) is 0 Å². The van der Waals surface area contributed by atoms with E-state index in [0.29, 0.717) is 6.42 Å². The van der Waals surface area contributed by atoms with Gasteiger partial charge in [0.05, 0.1) is 11.8 Å². The van der Waals surface area contributed by atoms with Gasteiger partial charge < -0.3 is 9.84 Å². The number of rotatable bonds is 4. The van der Waals surface area contributed by atoms with Crippen molar-refractivity contribution in [3.8, 4) is 0 Å². The van der Waals surface area contributed by atoms with E-state index in [4.69, 9.17) is 9.84 Å². The predicted octanol–water partition coefficient (Wildman–Crippen LogP) is 2.09. The van der Waals surface area contributed by atoms with Gasteiger partial charge in [0, 0.05) is 0 Å². The van der Waals surface area contributed by atoms with Crippen LogP contribution in [-0.2, 0) is 20.9 Å². The maximum atomic E-state index is 11.8. The number of benzene rings is 1. The number of ether oxygens (including phenoxy) is 1. The molecular formula is C14H16O4. The zero-order chi connectivity index (χ0) is 13.1. The van der Waals surface area contributed by atoms with E-state index in [1.165, 1.54) is 0 Å². The Morgan fingerprint density at radius 1 is 1.28 bits per heavy atom. The van der Waals surface area contributed by atoms with Crippen LogP contribution in [0.2, 0.25) is 0 Å². The van der Waals surface area contributed by atoms with Crippen molar-refractivity contribution in [1.82, 2.24) is 0 Å². The second kappa shape index (κ2) is 5.21. The van der Waals surface area contributed by atoms with Gasteiger partial charge in [0.25, 0.3) is 0 Å². The van der Waals surface area contributed by atoms with E-state index < -0.39 is 11.9 Å². The quantitative estimate of drug-likeness (QED) is 0.829. The Morgan fingerprint density at radius 3 is 2.50 bits per heavy atom. The first-order valence-corrected chi connectivity index (χ1v) is 6.03. The van der Waals surface area contributed by atoms with Gasteiger partial charge in [0.1, 0.15) is 6.61 Å². The largest absolute Gasteiger partial charge is 0.481 e. The first kappa shape index (κ1) is 12.6. The number of esters is 1. The van der Waals surface area contributed by atoms with E-state index >= 15 is 0 Å². The van der Waals surface area contributed by atoms with E-state index in [2.05, 4.69) is 0 Å². The smallest absolute Gasteiger partial charge is 0.309 e. The van der Waals surface area contributed by atoms with Gasteiger partial charge in [0.2, 0.25) is 0 Å². The molecule has 0 spiro atoms. The van der Waals surface area contributed by atoms with Crippen LogP contribution in [0.4, 0.5) is 0 Å². The molecule has 1 saturated carbocycles. The average Bonchev–Trinajstić information content (AvgIpc) is 2.35. The summed E-state index contributed by atoms with van der Waals surface area (Å²) in [6.45, 7) is 2.04. The fourth-order valence-electron chi connectivity index (χ4n) is 2.26. The lowest BCUT2D eigenvalue weighted by molar-refractivity contribution is -0.165. The summed E-state index contributed by atoms with van der Waals surface area (Å²) in [5.74, 6) is -1.92. The van der Waals surface area contributed by atoms with Crippen molar-refractivity contribution in [3.05, 3.63) is 35.9 Å². The first-order valence-electron chi connectivity index (χ1n) is 6.03. The highest BCUT2D eigenvalue weighted by atomic mass is 16.5. The standard InChI is InChI=1S/C14H16O4/c1-9-11(13(15)16)7-12(9)14(17)18-8-10-5-3-2-4-6-10/h2-6,9,11-12H,7-8H2,1H3,(H,15,16)/t9-,11-,12+/m0/s1. The SMILES string of the molecule is C[C@H]1[C@@H](C(=O)O)C[C@H]1C(=O)OCc1ccccc1. The molecule has 0 heterocycles. The molecule has 18 heavy (non-hydrogen) atoms. The Bertz CT molecular complexity index is 440. The van der Waals surface area contributed by atoms with Gasteiger partial charge in [-0.15, -0.1) is 0 Å². The summed E-state index contributed by atoms with van der Waals surface area (Å²) in [6.07, 6.45) is 0.393. The number of carboxylic acid groups (broad SMARTS) is 1. The van der Waals surface area contributed by atoms with Crippen molar-refractivity contribution < 1.29 is 19.4 Å². The van der Waals surface area contributed by atoms with E-state index in [0.717, 1.165) is 5.56 Å². The van der Waals surface area contributed by atoms with E-state index in [1.807, 2.05) is 30.3 Å². The first-order chi connectivity index (χ1) is 8.59. The molecule has 3 atom stereocenters. The summed E-state index contributed by atoms with van der Waals surface area (Å²) in [5.41, 5.74) is 0.938. The monoisotopic (exact) mass is 248 g/mol. The van der Waals surface area contributed by atoms with Crippen LogP contribution in [0.3, 0.4) is 0 Å². The molecule has 96 valence electrons. The van der Waals surface area contributed by atoms with Crippen molar-refractivity contribution >= 4 is 11.9 Å². The van der Waals surface area contributed by atoms with E-state index in [9.17, 15) is 9.59 Å². The normalized spacial score (nSPS) is 26.2. The Hall–Kier alpha value is -1.84. The summed E-state index contributed by atoms with van der Waals surface area (Å²) in [5, 5.41) is 8.86. The zero-order valence-corrected chi connectivity index (χ0v) is 10.2. The van der Waals surface area contributed by atoms with Crippen LogP contribution >= 0.6 is 0 Å². The van der Waals surface area contributed by atoms with E-state index in [1.54, 1.807) is 6.92 Å². The molecule has 1 N–H and O–H groups in total. The van der Waals surface area contributed by atoms with Gasteiger partial charge in [-0.25, -0.2) is 0 Å². The summed E-state index contributed by atoms with van der Waals surface area (Å²) in [7, 11) is 0. The molecule has 4 nitrogen and oxygen atoms in total. The lowest BCUT2D eigenvalue weighted by atomic mass is 9.66. The molecule has 1 aromatic rings. The number of hydrogen-bond donors (Lipinski definition) is 1. The third-order valence-corrected chi connectivity index (χ3v) is 3.62. The summed E-state index contributed by atoms with van der Waals surface area (Å²) < 4.78 is 5.20. The lowest BCUT2D eigenvalue weighted by Gasteiger charge is -2.38. The van der Waals surface area contributed by atoms with Crippen LogP contribution < -0.4 is 0 Å². The Balaban J connectivity index is 1.82. The van der Waals surface area contributed by atoms with Crippen LogP contribution in [0.15, 0.2) is 30.3 Å². The summed E-state index contributed by atoms with van der Waals surface area (Å²) in [6, 6.07) is 9.44. The fourth-order valence-corrected chi connectivity index (χ4v) is 2.26. The van der Waals surface area contributed by atoms with Crippen molar-refractivity contribution in [3.63, 3.8) is 0 Å². The number of carbonyl (C=O) groups excluding carboxylic acids is 1. The van der Waals surface area contributed by atoms with Crippen molar-refractivity contribution in [2.75, 3.05) is 0 Å². The minimum Gasteiger partial charge on any atom is -0.481 e. The zero-order valence-electron chi connectivity index (χ0n) is 10.2. The Kier molecular flexibility index (Phi) is 3.65. The molecule has 2 rings (SSSR count). The van der Waals surface area contributed by atoms with Gasteiger partial charge in [-0.1, -0.05) is 37.3 Å². The fraction of sp³-hybridized carbons (Fsp3) is 0.429. The number of aliphatic carboxylic acids is 1. The summed E-state index contributed by atoms with van der Waals surface area (Å²) in [4.78, 5) is 22.5. The topological polar surface area (TPSA) is 63.6 Å².